The van der Waals surface area contributed by atoms with Crippen molar-refractivity contribution in [2.45, 2.75) is 52.0 Å². The molecule has 35 heavy (non-hydrogen) atoms. The third-order valence-corrected chi connectivity index (χ3v) is 6.88. The summed E-state index contributed by atoms with van der Waals surface area (Å²) in [4.78, 5) is 30.8. The summed E-state index contributed by atoms with van der Waals surface area (Å²) in [5, 5.41) is 6.67. The largest absolute Gasteiger partial charge is 0.352 e. The maximum Gasteiger partial charge on any atom is 0.234 e. The summed E-state index contributed by atoms with van der Waals surface area (Å²) in [6.07, 6.45) is 4.01. The lowest BCUT2D eigenvalue weighted by Gasteiger charge is -2.34. The molecular weight excluding hydrogens is 440 g/mol. The number of benzene rings is 1. The van der Waals surface area contributed by atoms with Gasteiger partial charge in [0.05, 0.1) is 12.9 Å². The number of hydrogen-bond donors (Lipinski definition) is 2. The number of imidazole rings is 1. The number of nitrogens with zero attached hydrogens (tertiary/aromatic N) is 6. The first-order valence-corrected chi connectivity index (χ1v) is 12.5. The van der Waals surface area contributed by atoms with Crippen molar-refractivity contribution in [2.75, 3.05) is 42.9 Å². The molecule has 0 spiro atoms. The van der Waals surface area contributed by atoms with Gasteiger partial charge in [-0.05, 0) is 42.4 Å². The Morgan fingerprint density at radius 2 is 1.86 bits per heavy atom. The number of amides is 1. The van der Waals surface area contributed by atoms with Crippen LogP contribution >= 0.6 is 0 Å². The molecule has 0 radical (unpaired) electrons. The molecule has 3 aromatic rings. The summed E-state index contributed by atoms with van der Waals surface area (Å²) in [5.74, 6) is 1.56. The summed E-state index contributed by atoms with van der Waals surface area (Å²) >= 11 is 0. The lowest BCUT2D eigenvalue weighted by molar-refractivity contribution is -0.122. The Labute approximate surface area is 206 Å². The van der Waals surface area contributed by atoms with Crippen LogP contribution in [0.2, 0.25) is 0 Å². The molecule has 1 aliphatic carbocycles. The molecule has 1 aromatic carbocycles. The fourth-order valence-corrected chi connectivity index (χ4v) is 4.43. The van der Waals surface area contributed by atoms with Gasteiger partial charge in [0.1, 0.15) is 5.52 Å². The summed E-state index contributed by atoms with van der Waals surface area (Å²) in [7, 11) is 1.97. The lowest BCUT2D eigenvalue weighted by atomic mass is 9.86. The van der Waals surface area contributed by atoms with E-state index in [0.29, 0.717) is 24.2 Å². The molecule has 1 aliphatic heterocycles. The minimum Gasteiger partial charge on any atom is -0.352 e. The van der Waals surface area contributed by atoms with E-state index in [0.717, 1.165) is 61.6 Å². The standard InChI is InChI=1S/C26H36N8O/c1-17-6-7-18(26(2,3)4)14-20(17)29-24-22-23(27-16-32(22)5)30-25(31-24)34-12-10-33(11-13-34)15-21(35)28-19-8-9-19/h6-7,14,16,19H,8-13,15H2,1-5H3,(H,28,35)(H,29,30,31). The van der Waals surface area contributed by atoms with Crippen LogP contribution in [0, 0.1) is 6.92 Å². The molecule has 5 rings (SSSR count). The summed E-state index contributed by atoms with van der Waals surface area (Å²) in [6.45, 7) is 12.4. The molecule has 3 heterocycles. The predicted molar refractivity (Wildman–Crippen MR) is 139 cm³/mol. The van der Waals surface area contributed by atoms with Crippen LogP contribution in [0.4, 0.5) is 17.5 Å². The van der Waals surface area contributed by atoms with Gasteiger partial charge in [0, 0.05) is 45.0 Å². The van der Waals surface area contributed by atoms with Crippen molar-refractivity contribution < 1.29 is 4.79 Å². The summed E-state index contributed by atoms with van der Waals surface area (Å²) < 4.78 is 1.96. The van der Waals surface area contributed by atoms with Crippen LogP contribution in [-0.2, 0) is 17.3 Å². The number of carbonyl (C=O) groups is 1. The second-order valence-corrected chi connectivity index (χ2v) is 10.9. The van der Waals surface area contributed by atoms with Gasteiger partial charge >= 0.3 is 0 Å². The van der Waals surface area contributed by atoms with E-state index < -0.39 is 0 Å². The minimum atomic E-state index is 0.0536. The first-order chi connectivity index (χ1) is 16.7. The predicted octanol–water partition coefficient (Wildman–Crippen LogP) is 3.11. The Bertz CT molecular complexity index is 1230. The van der Waals surface area contributed by atoms with Gasteiger partial charge in [-0.25, -0.2) is 4.98 Å². The van der Waals surface area contributed by atoms with E-state index in [2.05, 4.69) is 71.3 Å². The van der Waals surface area contributed by atoms with E-state index in [4.69, 9.17) is 9.97 Å². The van der Waals surface area contributed by atoms with E-state index in [1.165, 1.54) is 5.56 Å². The van der Waals surface area contributed by atoms with Crippen molar-refractivity contribution in [3.63, 3.8) is 0 Å². The Morgan fingerprint density at radius 3 is 2.54 bits per heavy atom. The van der Waals surface area contributed by atoms with Gasteiger partial charge in [0.25, 0.3) is 0 Å². The Kier molecular flexibility index (Phi) is 6.13. The van der Waals surface area contributed by atoms with Crippen LogP contribution in [0.5, 0.6) is 0 Å². The van der Waals surface area contributed by atoms with Crippen molar-refractivity contribution in [3.05, 3.63) is 35.7 Å². The molecule has 2 aromatic heterocycles. The number of nitrogens with one attached hydrogen (secondary N) is 2. The van der Waals surface area contributed by atoms with Gasteiger partial charge < -0.3 is 20.1 Å². The molecule has 2 aliphatic rings. The molecule has 2 N–H and O–H groups in total. The number of carbonyl (C=O) groups excluding carboxylic acids is 1. The van der Waals surface area contributed by atoms with E-state index in [9.17, 15) is 4.79 Å². The highest BCUT2D eigenvalue weighted by Gasteiger charge is 2.26. The molecule has 2 fully saturated rings. The molecule has 0 bridgehead atoms. The normalized spacial score (nSPS) is 17.1. The smallest absolute Gasteiger partial charge is 0.234 e. The second-order valence-electron chi connectivity index (χ2n) is 10.9. The third kappa shape index (κ3) is 5.24. The molecule has 0 unspecified atom stereocenters. The van der Waals surface area contributed by atoms with Gasteiger partial charge in [-0.1, -0.05) is 32.9 Å². The van der Waals surface area contributed by atoms with Gasteiger partial charge in [-0.2, -0.15) is 9.97 Å². The number of aryl methyl sites for hydroxylation is 2. The molecule has 186 valence electrons. The molecule has 1 saturated heterocycles. The Hall–Kier alpha value is -3.20. The quantitative estimate of drug-likeness (QED) is 0.565. The first-order valence-electron chi connectivity index (χ1n) is 12.5. The van der Waals surface area contributed by atoms with E-state index in [1.807, 2.05) is 11.6 Å². The van der Waals surface area contributed by atoms with Crippen molar-refractivity contribution in [2.24, 2.45) is 7.05 Å². The fourth-order valence-electron chi connectivity index (χ4n) is 4.43. The molecular formula is C26H36N8O. The van der Waals surface area contributed by atoms with E-state index in [-0.39, 0.29) is 11.3 Å². The van der Waals surface area contributed by atoms with Crippen LogP contribution < -0.4 is 15.5 Å². The van der Waals surface area contributed by atoms with Crippen LogP contribution in [0.25, 0.3) is 11.2 Å². The highest BCUT2D eigenvalue weighted by molar-refractivity contribution is 5.87. The average molecular weight is 477 g/mol. The highest BCUT2D eigenvalue weighted by atomic mass is 16.2. The maximum absolute atomic E-state index is 12.2. The zero-order valence-corrected chi connectivity index (χ0v) is 21.4. The summed E-state index contributed by atoms with van der Waals surface area (Å²) in [6, 6.07) is 6.96. The van der Waals surface area contributed by atoms with E-state index in [1.54, 1.807) is 6.33 Å². The maximum atomic E-state index is 12.2. The van der Waals surface area contributed by atoms with Crippen LogP contribution in [-0.4, -0.2) is 69.1 Å². The fraction of sp³-hybridized carbons (Fsp3) is 0.538. The van der Waals surface area contributed by atoms with Crippen LogP contribution in [0.15, 0.2) is 24.5 Å². The zero-order chi connectivity index (χ0) is 24.7. The lowest BCUT2D eigenvalue weighted by Crippen LogP contribution is -2.50. The van der Waals surface area contributed by atoms with Gasteiger partial charge in [-0.3, -0.25) is 9.69 Å². The number of piperazine rings is 1. The Balaban J connectivity index is 1.37. The molecule has 1 amide bonds. The highest BCUT2D eigenvalue weighted by Crippen LogP contribution is 2.31. The van der Waals surface area contributed by atoms with Crippen molar-refractivity contribution >= 4 is 34.5 Å². The SMILES string of the molecule is Cc1ccc(C(C)(C)C)cc1Nc1nc(N2CCN(CC(=O)NC3CC3)CC2)nc2ncn(C)c12. The molecule has 0 atom stereocenters. The van der Waals surface area contributed by atoms with Gasteiger partial charge in [0.2, 0.25) is 11.9 Å². The van der Waals surface area contributed by atoms with Crippen molar-refractivity contribution in [1.29, 1.82) is 0 Å². The van der Waals surface area contributed by atoms with Crippen molar-refractivity contribution in [3.8, 4) is 0 Å². The number of rotatable bonds is 6. The molecule has 1 saturated carbocycles. The third-order valence-electron chi connectivity index (χ3n) is 6.88. The van der Waals surface area contributed by atoms with Gasteiger partial charge in [-0.15, -0.1) is 0 Å². The average Bonchev–Trinajstić information content (AvgIpc) is 3.54. The number of fused-ring (bicyclic) bond motifs is 1. The number of hydrogen-bond acceptors (Lipinski definition) is 7. The Morgan fingerprint density at radius 1 is 1.11 bits per heavy atom. The topological polar surface area (TPSA) is 91.2 Å². The zero-order valence-electron chi connectivity index (χ0n) is 21.4. The van der Waals surface area contributed by atoms with E-state index >= 15 is 0 Å². The van der Waals surface area contributed by atoms with Crippen molar-refractivity contribution in [1.82, 2.24) is 29.7 Å². The number of anilines is 3. The molecule has 9 nitrogen and oxygen atoms in total. The monoisotopic (exact) mass is 476 g/mol. The summed E-state index contributed by atoms with van der Waals surface area (Å²) in [5.41, 5.74) is 5.07. The minimum absolute atomic E-state index is 0.0536. The second kappa shape index (κ2) is 9.11. The van der Waals surface area contributed by atoms with Crippen LogP contribution in [0.1, 0.15) is 44.7 Å². The first kappa shape index (κ1) is 23.5. The number of aromatic nitrogens is 4. The van der Waals surface area contributed by atoms with Gasteiger partial charge in [0.15, 0.2) is 11.5 Å². The van der Waals surface area contributed by atoms with Crippen LogP contribution in [0.3, 0.4) is 0 Å². The molecule has 9 heteroatoms.